The van der Waals surface area contributed by atoms with Gasteiger partial charge in [-0.2, -0.15) is 0 Å². The number of nitrogens with one attached hydrogen (secondary N) is 2. The summed E-state index contributed by atoms with van der Waals surface area (Å²) < 4.78 is 0. The fourth-order valence-electron chi connectivity index (χ4n) is 2.89. The molecule has 1 aliphatic rings. The molecule has 2 heteroatoms. The van der Waals surface area contributed by atoms with E-state index in [0.717, 1.165) is 13.1 Å². The zero-order valence-electron chi connectivity index (χ0n) is 10.1. The molecule has 1 aromatic carbocycles. The molecule has 2 rings (SSSR count). The molecule has 0 saturated carbocycles. The summed E-state index contributed by atoms with van der Waals surface area (Å²) in [6.45, 7) is 11.0. The van der Waals surface area contributed by atoms with Crippen molar-refractivity contribution in [2.45, 2.75) is 33.1 Å². The predicted molar refractivity (Wildman–Crippen MR) is 64.0 cm³/mol. The fourth-order valence-corrected chi connectivity index (χ4v) is 2.89. The summed E-state index contributed by atoms with van der Waals surface area (Å²) in [4.78, 5) is 0. The maximum absolute atomic E-state index is 3.23. The van der Waals surface area contributed by atoms with Gasteiger partial charge < -0.3 is 0 Å². The molecule has 0 bridgehead atoms. The van der Waals surface area contributed by atoms with Crippen LogP contribution in [0.2, 0.25) is 0 Å². The molecule has 0 unspecified atom stereocenters. The third kappa shape index (κ3) is 1.80. The third-order valence-corrected chi connectivity index (χ3v) is 3.36. The first-order chi connectivity index (χ1) is 7.03. The second-order valence-corrected chi connectivity index (χ2v) is 5.04. The van der Waals surface area contributed by atoms with Gasteiger partial charge in [-0.3, -0.25) is 10.9 Å². The SMILES string of the molecule is Cc1cc(C)c(C2(C)CNNC2)c(C)c1. The van der Waals surface area contributed by atoms with E-state index in [1.54, 1.807) is 0 Å². The van der Waals surface area contributed by atoms with Gasteiger partial charge in [0.15, 0.2) is 0 Å². The molecule has 2 nitrogen and oxygen atoms in total. The highest BCUT2D eigenvalue weighted by Crippen LogP contribution is 2.31. The summed E-state index contributed by atoms with van der Waals surface area (Å²) in [5.41, 5.74) is 12.4. The van der Waals surface area contributed by atoms with E-state index in [1.807, 2.05) is 0 Å². The Kier molecular flexibility index (Phi) is 2.57. The van der Waals surface area contributed by atoms with Gasteiger partial charge in [0.05, 0.1) is 0 Å². The quantitative estimate of drug-likeness (QED) is 0.731. The molecule has 1 heterocycles. The summed E-state index contributed by atoms with van der Waals surface area (Å²) in [7, 11) is 0. The van der Waals surface area contributed by atoms with Crippen LogP contribution in [-0.2, 0) is 5.41 Å². The molecule has 1 aromatic rings. The van der Waals surface area contributed by atoms with Crippen molar-refractivity contribution in [1.82, 2.24) is 10.9 Å². The minimum absolute atomic E-state index is 0.238. The standard InChI is InChI=1S/C13H20N2/c1-9-5-10(2)12(11(3)6-9)13(4)7-14-15-8-13/h5-6,14-15H,7-8H2,1-4H3. The molecule has 1 fully saturated rings. The van der Waals surface area contributed by atoms with Crippen LogP contribution in [0.5, 0.6) is 0 Å². The average Bonchev–Trinajstić information content (AvgIpc) is 2.50. The third-order valence-electron chi connectivity index (χ3n) is 3.36. The van der Waals surface area contributed by atoms with Crippen LogP contribution in [0.25, 0.3) is 0 Å². The van der Waals surface area contributed by atoms with E-state index in [1.165, 1.54) is 22.3 Å². The van der Waals surface area contributed by atoms with Gasteiger partial charge in [-0.05, 0) is 37.5 Å². The summed E-state index contributed by atoms with van der Waals surface area (Å²) in [6.07, 6.45) is 0. The molecular formula is C13H20N2. The second kappa shape index (κ2) is 3.62. The Hall–Kier alpha value is -0.860. The Morgan fingerprint density at radius 1 is 1.00 bits per heavy atom. The number of aryl methyl sites for hydroxylation is 3. The van der Waals surface area contributed by atoms with Crippen LogP contribution in [-0.4, -0.2) is 13.1 Å². The lowest BCUT2D eigenvalue weighted by molar-refractivity contribution is 0.546. The van der Waals surface area contributed by atoms with Crippen molar-refractivity contribution in [3.05, 3.63) is 34.4 Å². The highest BCUT2D eigenvalue weighted by atomic mass is 15.4. The first-order valence-corrected chi connectivity index (χ1v) is 5.57. The van der Waals surface area contributed by atoms with Crippen molar-refractivity contribution in [3.63, 3.8) is 0 Å². The Labute approximate surface area is 92.1 Å². The molecule has 82 valence electrons. The van der Waals surface area contributed by atoms with Crippen molar-refractivity contribution in [2.24, 2.45) is 0 Å². The monoisotopic (exact) mass is 204 g/mol. The van der Waals surface area contributed by atoms with Gasteiger partial charge in [0, 0.05) is 18.5 Å². The van der Waals surface area contributed by atoms with Crippen LogP contribution in [0.3, 0.4) is 0 Å². The van der Waals surface area contributed by atoms with Crippen LogP contribution in [0, 0.1) is 20.8 Å². The van der Waals surface area contributed by atoms with Gasteiger partial charge in [-0.25, -0.2) is 0 Å². The average molecular weight is 204 g/mol. The summed E-state index contributed by atoms with van der Waals surface area (Å²) in [5.74, 6) is 0. The lowest BCUT2D eigenvalue weighted by Gasteiger charge is -2.27. The lowest BCUT2D eigenvalue weighted by atomic mass is 9.78. The minimum Gasteiger partial charge on any atom is -0.257 e. The molecule has 1 aliphatic heterocycles. The topological polar surface area (TPSA) is 24.1 Å². The Morgan fingerprint density at radius 3 is 1.93 bits per heavy atom. The highest BCUT2D eigenvalue weighted by Gasteiger charge is 2.32. The van der Waals surface area contributed by atoms with Crippen LogP contribution in [0.1, 0.15) is 29.2 Å². The fraction of sp³-hybridized carbons (Fsp3) is 0.538. The van der Waals surface area contributed by atoms with Gasteiger partial charge in [-0.15, -0.1) is 0 Å². The second-order valence-electron chi connectivity index (χ2n) is 5.04. The van der Waals surface area contributed by atoms with Crippen LogP contribution >= 0.6 is 0 Å². The molecule has 0 spiro atoms. The van der Waals surface area contributed by atoms with E-state index in [9.17, 15) is 0 Å². The van der Waals surface area contributed by atoms with Crippen LogP contribution in [0.4, 0.5) is 0 Å². The van der Waals surface area contributed by atoms with Crippen molar-refractivity contribution >= 4 is 0 Å². The normalized spacial score (nSPS) is 19.5. The summed E-state index contributed by atoms with van der Waals surface area (Å²) >= 11 is 0. The van der Waals surface area contributed by atoms with Gasteiger partial charge in [0.1, 0.15) is 0 Å². The smallest absolute Gasteiger partial charge is 0.0207 e. The van der Waals surface area contributed by atoms with E-state index in [0.29, 0.717) is 0 Å². The van der Waals surface area contributed by atoms with Crippen LogP contribution in [0.15, 0.2) is 12.1 Å². The number of hydrazine groups is 1. The van der Waals surface area contributed by atoms with Crippen LogP contribution < -0.4 is 10.9 Å². The minimum atomic E-state index is 0.238. The summed E-state index contributed by atoms with van der Waals surface area (Å²) in [5, 5.41) is 0. The first-order valence-electron chi connectivity index (χ1n) is 5.57. The van der Waals surface area contributed by atoms with Crippen molar-refractivity contribution < 1.29 is 0 Å². The molecule has 1 saturated heterocycles. The molecule has 0 atom stereocenters. The molecule has 15 heavy (non-hydrogen) atoms. The van der Waals surface area contributed by atoms with E-state index in [-0.39, 0.29) is 5.41 Å². The van der Waals surface area contributed by atoms with E-state index < -0.39 is 0 Å². The van der Waals surface area contributed by atoms with Gasteiger partial charge in [0.25, 0.3) is 0 Å². The number of rotatable bonds is 1. The molecule has 0 amide bonds. The van der Waals surface area contributed by atoms with E-state index >= 15 is 0 Å². The predicted octanol–water partition coefficient (Wildman–Crippen LogP) is 1.98. The summed E-state index contributed by atoms with van der Waals surface area (Å²) in [6, 6.07) is 4.57. The maximum Gasteiger partial charge on any atom is 0.0207 e. The number of hydrogen-bond acceptors (Lipinski definition) is 2. The maximum atomic E-state index is 3.23. The molecule has 0 aliphatic carbocycles. The highest BCUT2D eigenvalue weighted by molar-refractivity contribution is 5.43. The lowest BCUT2D eigenvalue weighted by Crippen LogP contribution is -2.29. The number of hydrogen-bond donors (Lipinski definition) is 2. The van der Waals surface area contributed by atoms with Gasteiger partial charge >= 0.3 is 0 Å². The molecule has 0 aromatic heterocycles. The Bertz CT molecular complexity index is 353. The van der Waals surface area contributed by atoms with Crippen molar-refractivity contribution in [1.29, 1.82) is 0 Å². The Balaban J connectivity index is 2.52. The van der Waals surface area contributed by atoms with Crippen molar-refractivity contribution in [2.75, 3.05) is 13.1 Å². The molecular weight excluding hydrogens is 184 g/mol. The Morgan fingerprint density at radius 2 is 1.47 bits per heavy atom. The zero-order valence-corrected chi connectivity index (χ0v) is 10.1. The van der Waals surface area contributed by atoms with E-state index in [2.05, 4.69) is 50.7 Å². The first kappa shape index (κ1) is 10.7. The number of benzene rings is 1. The largest absolute Gasteiger partial charge is 0.257 e. The van der Waals surface area contributed by atoms with E-state index in [4.69, 9.17) is 0 Å². The molecule has 0 radical (unpaired) electrons. The van der Waals surface area contributed by atoms with Gasteiger partial charge in [-0.1, -0.05) is 24.6 Å². The van der Waals surface area contributed by atoms with Gasteiger partial charge in [0.2, 0.25) is 0 Å². The zero-order chi connectivity index (χ0) is 11.1. The van der Waals surface area contributed by atoms with Crippen molar-refractivity contribution in [3.8, 4) is 0 Å². The molecule has 2 N–H and O–H groups in total.